The fraction of sp³-hybridized carbons (Fsp3) is 0.944. The van der Waals surface area contributed by atoms with Gasteiger partial charge in [-0.1, -0.05) is 20.8 Å². The summed E-state index contributed by atoms with van der Waals surface area (Å²) < 4.78 is 80.3. The fourth-order valence-corrected chi connectivity index (χ4v) is 10.9. The molecule has 7 saturated heterocycles. The molecule has 0 aromatic carbocycles. The van der Waals surface area contributed by atoms with Crippen molar-refractivity contribution in [1.82, 2.24) is 0 Å². The van der Waals surface area contributed by atoms with Crippen molar-refractivity contribution in [3.8, 4) is 0 Å². The van der Waals surface area contributed by atoms with E-state index in [1.54, 1.807) is 13.8 Å². The maximum absolute atomic E-state index is 14.5. The van der Waals surface area contributed by atoms with Crippen molar-refractivity contribution in [2.24, 2.45) is 41.4 Å². The zero-order valence-electron chi connectivity index (χ0n) is 30.2. The van der Waals surface area contributed by atoms with Gasteiger partial charge in [-0.15, -0.1) is 0 Å². The van der Waals surface area contributed by atoms with Gasteiger partial charge in [0, 0.05) is 42.1 Å². The molecule has 15 heteroatoms. The molecule has 12 nitrogen and oxygen atoms in total. The first-order valence-electron chi connectivity index (χ1n) is 18.8. The van der Waals surface area contributed by atoms with Crippen LogP contribution in [-0.2, 0) is 48.0 Å². The van der Waals surface area contributed by atoms with Crippen LogP contribution in [0.2, 0.25) is 0 Å². The first-order valence-corrected chi connectivity index (χ1v) is 18.8. The van der Waals surface area contributed by atoms with Gasteiger partial charge >= 0.3 is 6.18 Å². The molecule has 2 saturated carbocycles. The normalized spacial score (nSPS) is 51.5. The molecule has 0 unspecified atom stereocenters. The van der Waals surface area contributed by atoms with Crippen LogP contribution in [0.15, 0.2) is 11.3 Å². The third-order valence-electron chi connectivity index (χ3n) is 14.0. The lowest BCUT2D eigenvalue weighted by Gasteiger charge is -2.62. The largest absolute Gasteiger partial charge is 0.456 e. The summed E-state index contributed by atoms with van der Waals surface area (Å²) in [6, 6.07) is 0. The van der Waals surface area contributed by atoms with Gasteiger partial charge in [0.25, 0.3) is 0 Å². The SMILES string of the molecule is C[C@@H]1CC[C@H]2[C@@H](C)[C@@](C)(OC[C@H](O)[C@@H](O)COCC3=C(C(F)(F)F)O[C@@H]4O[C@@]5(C)CC[C@H]6[C@H](C)CC[C@@H]3[C@@]46OO5)O[C@@H]3O[C@]4(C)CC[C@@H]1[C@]32OO4. The van der Waals surface area contributed by atoms with Gasteiger partial charge in [-0.25, -0.2) is 19.6 Å². The number of hydrogen-bond donors (Lipinski definition) is 2. The number of aliphatic hydroxyl groups is 2. The minimum Gasteiger partial charge on any atom is -0.456 e. The number of rotatable bonds is 8. The Morgan fingerprint density at radius 2 is 1.31 bits per heavy atom. The Balaban J connectivity index is 0.942. The van der Waals surface area contributed by atoms with Crippen molar-refractivity contribution < 1.29 is 71.4 Å². The number of fused-ring (bicyclic) bond motifs is 4. The van der Waals surface area contributed by atoms with E-state index in [9.17, 15) is 23.4 Å². The maximum atomic E-state index is 14.5. The van der Waals surface area contributed by atoms with E-state index in [1.807, 2.05) is 13.8 Å². The van der Waals surface area contributed by atoms with Crippen molar-refractivity contribution in [3.05, 3.63) is 11.3 Å². The van der Waals surface area contributed by atoms with Crippen LogP contribution in [0.5, 0.6) is 0 Å². The van der Waals surface area contributed by atoms with Crippen LogP contribution in [-0.4, -0.2) is 89.6 Å². The summed E-state index contributed by atoms with van der Waals surface area (Å²) in [5.41, 5.74) is -2.18. The highest BCUT2D eigenvalue weighted by Gasteiger charge is 2.72. The van der Waals surface area contributed by atoms with E-state index in [0.29, 0.717) is 38.0 Å². The van der Waals surface area contributed by atoms with Crippen LogP contribution < -0.4 is 0 Å². The monoisotopic (exact) mass is 734 g/mol. The molecule has 9 fully saturated rings. The van der Waals surface area contributed by atoms with E-state index >= 15 is 0 Å². The number of allylic oxidation sites excluding steroid dienone is 1. The van der Waals surface area contributed by atoms with E-state index in [2.05, 4.69) is 13.8 Å². The lowest BCUT2D eigenvalue weighted by atomic mass is 9.57. The average Bonchev–Trinajstić information content (AvgIpc) is 3.44. The molecule has 2 spiro atoms. The van der Waals surface area contributed by atoms with Gasteiger partial charge in [-0.2, -0.15) is 13.2 Å². The number of aliphatic hydroxyl groups excluding tert-OH is 2. The molecule has 10 aliphatic rings. The van der Waals surface area contributed by atoms with Crippen LogP contribution in [0, 0.1) is 41.4 Å². The van der Waals surface area contributed by atoms with Crippen molar-refractivity contribution in [3.63, 3.8) is 0 Å². The second kappa shape index (κ2) is 12.5. The maximum Gasteiger partial charge on any atom is 0.449 e. The zero-order valence-corrected chi connectivity index (χ0v) is 30.2. The van der Waals surface area contributed by atoms with Crippen molar-refractivity contribution >= 4 is 0 Å². The lowest BCUT2D eigenvalue weighted by Crippen LogP contribution is -2.73. The molecule has 8 aliphatic heterocycles. The first-order chi connectivity index (χ1) is 23.9. The minimum absolute atomic E-state index is 0.0168. The zero-order chi connectivity index (χ0) is 36.4. The Morgan fingerprint density at radius 3 is 1.98 bits per heavy atom. The van der Waals surface area contributed by atoms with E-state index in [4.69, 9.17) is 48.0 Å². The van der Waals surface area contributed by atoms with Gasteiger partial charge in [0.2, 0.25) is 23.6 Å². The Bertz CT molecular complexity index is 1380. The summed E-state index contributed by atoms with van der Waals surface area (Å²) in [4.78, 5) is 23.8. The van der Waals surface area contributed by atoms with Crippen LogP contribution in [0.3, 0.4) is 0 Å². The minimum atomic E-state index is -4.82. The molecule has 16 atom stereocenters. The predicted molar refractivity (Wildman–Crippen MR) is 167 cm³/mol. The molecular formula is C36H53F3O12. The third kappa shape index (κ3) is 5.65. The Labute approximate surface area is 296 Å². The van der Waals surface area contributed by atoms with Crippen molar-refractivity contribution in [2.75, 3.05) is 19.8 Å². The van der Waals surface area contributed by atoms with Crippen LogP contribution in [0.25, 0.3) is 0 Å². The molecule has 0 radical (unpaired) electrons. The smallest absolute Gasteiger partial charge is 0.449 e. The van der Waals surface area contributed by atoms with E-state index in [-0.39, 0.29) is 41.8 Å². The summed E-state index contributed by atoms with van der Waals surface area (Å²) in [5.74, 6) is -4.97. The van der Waals surface area contributed by atoms with Gasteiger partial charge in [-0.05, 0) is 77.0 Å². The van der Waals surface area contributed by atoms with Gasteiger partial charge in [0.1, 0.15) is 12.2 Å². The molecule has 10 rings (SSSR count). The second-order valence-electron chi connectivity index (χ2n) is 17.1. The highest BCUT2D eigenvalue weighted by Crippen LogP contribution is 2.63. The number of hydrogen-bond acceptors (Lipinski definition) is 12. The summed E-state index contributed by atoms with van der Waals surface area (Å²) in [7, 11) is 0. The Morgan fingerprint density at radius 1 is 0.725 bits per heavy atom. The van der Waals surface area contributed by atoms with Crippen LogP contribution in [0.4, 0.5) is 13.2 Å². The van der Waals surface area contributed by atoms with Gasteiger partial charge < -0.3 is 38.6 Å². The highest BCUT2D eigenvalue weighted by atomic mass is 19.4. The first kappa shape index (κ1) is 36.8. The van der Waals surface area contributed by atoms with Gasteiger partial charge in [0.15, 0.2) is 23.3 Å². The second-order valence-corrected chi connectivity index (χ2v) is 17.1. The molecule has 51 heavy (non-hydrogen) atoms. The van der Waals surface area contributed by atoms with Crippen molar-refractivity contribution in [1.29, 1.82) is 0 Å². The molecule has 0 aromatic heterocycles. The molecule has 0 aromatic rings. The Kier molecular flexibility index (Phi) is 9.00. The third-order valence-corrected chi connectivity index (χ3v) is 14.0. The molecule has 0 amide bonds. The molecule has 4 bridgehead atoms. The topological polar surface area (TPSA) is 133 Å². The summed E-state index contributed by atoms with van der Waals surface area (Å²) >= 11 is 0. The van der Waals surface area contributed by atoms with Crippen LogP contribution >= 0.6 is 0 Å². The summed E-state index contributed by atoms with van der Waals surface area (Å²) in [6.45, 7) is 10.3. The number of ether oxygens (including phenoxy) is 6. The standard InChI is InChI=1S/C36H53F3O12/c1-18-7-9-24-20(3)33(6,47-30-34(24)22(18)11-14-32(5,46-30)49-50-34)43-17-27(41)26(40)16-42-15-21-25-10-8-19(2)23-12-13-31(4)45-29(35(23,25)51-48-31)44-28(21)36(37,38)39/h18-20,22-27,29-30,40-41H,7-17H2,1-6H3/t18-,19-,20-,22+,23+,24+,25+,26+,27+,29-,30+,31-,32+,33+,34-,35-/m1/s1. The van der Waals surface area contributed by atoms with E-state index in [1.165, 1.54) is 0 Å². The summed E-state index contributed by atoms with van der Waals surface area (Å²) in [6.07, 6.45) is -4.21. The van der Waals surface area contributed by atoms with Gasteiger partial charge in [0.05, 0.1) is 19.8 Å². The van der Waals surface area contributed by atoms with E-state index in [0.717, 1.165) is 19.3 Å². The number of alkyl halides is 3. The van der Waals surface area contributed by atoms with E-state index < -0.39 is 84.4 Å². The molecular weight excluding hydrogens is 681 g/mol. The Hall–Kier alpha value is -1.11. The predicted octanol–water partition coefficient (Wildman–Crippen LogP) is 5.40. The van der Waals surface area contributed by atoms with Crippen molar-refractivity contribution in [2.45, 2.75) is 152 Å². The molecule has 8 heterocycles. The van der Waals surface area contributed by atoms with Crippen LogP contribution in [0.1, 0.15) is 92.9 Å². The quantitative estimate of drug-likeness (QED) is 0.310. The average molecular weight is 735 g/mol. The van der Waals surface area contributed by atoms with Gasteiger partial charge in [-0.3, -0.25) is 0 Å². The lowest BCUT2D eigenvalue weighted by molar-refractivity contribution is -0.586. The molecule has 2 N–H and O–H groups in total. The summed E-state index contributed by atoms with van der Waals surface area (Å²) in [5, 5.41) is 22.0. The highest BCUT2D eigenvalue weighted by molar-refractivity contribution is 5.28. The molecule has 290 valence electrons. The number of halogens is 3. The fourth-order valence-electron chi connectivity index (χ4n) is 10.9. The molecule has 2 aliphatic carbocycles.